The summed E-state index contributed by atoms with van der Waals surface area (Å²) < 4.78 is 0. The number of benzene rings is 2. The highest BCUT2D eigenvalue weighted by Crippen LogP contribution is 2.25. The van der Waals surface area contributed by atoms with Gasteiger partial charge in [-0.1, -0.05) is 30.3 Å². The van der Waals surface area contributed by atoms with Crippen LogP contribution >= 0.6 is 0 Å². The van der Waals surface area contributed by atoms with Gasteiger partial charge in [-0.3, -0.25) is 4.79 Å². The van der Waals surface area contributed by atoms with Crippen LogP contribution in [0.25, 0.3) is 0 Å². The number of nitrogens with one attached hydrogen (secondary N) is 2. The van der Waals surface area contributed by atoms with E-state index in [1.54, 1.807) is 6.07 Å². The van der Waals surface area contributed by atoms with Crippen molar-refractivity contribution in [1.29, 1.82) is 5.26 Å². The van der Waals surface area contributed by atoms with Gasteiger partial charge >= 0.3 is 0 Å². The van der Waals surface area contributed by atoms with Crippen LogP contribution in [-0.2, 0) is 4.79 Å². The molecule has 0 fully saturated rings. The third kappa shape index (κ3) is 3.58. The summed E-state index contributed by atoms with van der Waals surface area (Å²) >= 11 is 0. The number of carbonyl (C=O) groups excluding carboxylic acids is 1. The van der Waals surface area contributed by atoms with Gasteiger partial charge in [-0.25, -0.2) is 0 Å². The number of carbonyl (C=O) groups is 1. The second-order valence-corrected chi connectivity index (χ2v) is 3.92. The molecule has 94 valence electrons. The van der Waals surface area contributed by atoms with Crippen molar-refractivity contribution in [3.63, 3.8) is 0 Å². The van der Waals surface area contributed by atoms with E-state index in [4.69, 9.17) is 5.26 Å². The molecule has 0 atom stereocenters. The summed E-state index contributed by atoms with van der Waals surface area (Å²) in [7, 11) is 0. The van der Waals surface area contributed by atoms with Gasteiger partial charge in [0.25, 0.3) is 0 Å². The Kier molecular flexibility index (Phi) is 4.14. The molecule has 0 spiro atoms. The first-order valence-electron chi connectivity index (χ1n) is 5.87. The first-order chi connectivity index (χ1) is 9.29. The van der Waals surface area contributed by atoms with Gasteiger partial charge in [0.2, 0.25) is 5.91 Å². The van der Waals surface area contributed by atoms with Gasteiger partial charge in [0, 0.05) is 5.69 Å². The van der Waals surface area contributed by atoms with Crippen LogP contribution in [0.5, 0.6) is 0 Å². The van der Waals surface area contributed by atoms with Gasteiger partial charge in [0.1, 0.15) is 6.42 Å². The number of nitrogens with zero attached hydrogens (tertiary/aromatic N) is 1. The Bertz CT molecular complexity index is 602. The van der Waals surface area contributed by atoms with Crippen LogP contribution in [0.2, 0.25) is 0 Å². The minimum Gasteiger partial charge on any atom is -0.354 e. The molecule has 0 aliphatic carbocycles. The van der Waals surface area contributed by atoms with Crippen molar-refractivity contribution < 1.29 is 4.79 Å². The van der Waals surface area contributed by atoms with Gasteiger partial charge in [0.05, 0.1) is 17.4 Å². The van der Waals surface area contributed by atoms with Crippen LogP contribution in [0.1, 0.15) is 6.42 Å². The molecule has 2 rings (SSSR count). The SMILES string of the molecule is N#CCC(=O)Nc1ccccc1Nc1ccccc1. The van der Waals surface area contributed by atoms with Gasteiger partial charge < -0.3 is 10.6 Å². The summed E-state index contributed by atoms with van der Waals surface area (Å²) in [6, 6.07) is 18.9. The van der Waals surface area contributed by atoms with E-state index in [0.29, 0.717) is 5.69 Å². The van der Waals surface area contributed by atoms with Crippen LogP contribution in [0, 0.1) is 11.3 Å². The minimum absolute atomic E-state index is 0.153. The highest BCUT2D eigenvalue weighted by molar-refractivity contribution is 5.95. The highest BCUT2D eigenvalue weighted by Gasteiger charge is 2.05. The number of para-hydroxylation sites is 3. The Balaban J connectivity index is 2.17. The molecular formula is C15H13N3O. The number of nitriles is 1. The summed E-state index contributed by atoms with van der Waals surface area (Å²) in [5.74, 6) is -0.315. The predicted molar refractivity (Wildman–Crippen MR) is 75.0 cm³/mol. The Morgan fingerprint density at radius 1 is 1.00 bits per heavy atom. The molecule has 1 amide bonds. The lowest BCUT2D eigenvalue weighted by atomic mass is 10.2. The fourth-order valence-corrected chi connectivity index (χ4v) is 1.64. The monoisotopic (exact) mass is 251 g/mol. The molecule has 2 aromatic rings. The van der Waals surface area contributed by atoms with Crippen molar-refractivity contribution in [3.8, 4) is 6.07 Å². The van der Waals surface area contributed by atoms with E-state index in [2.05, 4.69) is 10.6 Å². The quantitative estimate of drug-likeness (QED) is 0.876. The molecule has 0 heterocycles. The molecule has 0 aliphatic rings. The Morgan fingerprint density at radius 2 is 1.63 bits per heavy atom. The molecule has 0 aromatic heterocycles. The molecular weight excluding hydrogens is 238 g/mol. The lowest BCUT2D eigenvalue weighted by Crippen LogP contribution is -2.11. The van der Waals surface area contributed by atoms with E-state index in [1.807, 2.05) is 54.6 Å². The Hall–Kier alpha value is -2.80. The summed E-state index contributed by atoms with van der Waals surface area (Å²) in [5.41, 5.74) is 2.39. The van der Waals surface area contributed by atoms with E-state index >= 15 is 0 Å². The van der Waals surface area contributed by atoms with Gasteiger partial charge in [-0.2, -0.15) is 5.26 Å². The summed E-state index contributed by atoms with van der Waals surface area (Å²) in [6.45, 7) is 0. The summed E-state index contributed by atoms with van der Waals surface area (Å²) in [6.07, 6.45) is -0.153. The third-order valence-electron chi connectivity index (χ3n) is 2.49. The second kappa shape index (κ2) is 6.22. The molecule has 0 bridgehead atoms. The molecule has 0 saturated heterocycles. The molecule has 0 unspecified atom stereocenters. The maximum absolute atomic E-state index is 11.5. The maximum atomic E-state index is 11.5. The summed E-state index contributed by atoms with van der Waals surface area (Å²) in [5, 5.41) is 14.4. The molecule has 4 heteroatoms. The topological polar surface area (TPSA) is 64.9 Å². The first-order valence-corrected chi connectivity index (χ1v) is 5.87. The molecule has 2 aromatic carbocycles. The smallest absolute Gasteiger partial charge is 0.238 e. The highest BCUT2D eigenvalue weighted by atomic mass is 16.1. The van der Waals surface area contributed by atoms with Crippen molar-refractivity contribution in [2.75, 3.05) is 10.6 Å². The Labute approximate surface area is 111 Å². The van der Waals surface area contributed by atoms with Gasteiger partial charge in [-0.15, -0.1) is 0 Å². The zero-order chi connectivity index (χ0) is 13.5. The third-order valence-corrected chi connectivity index (χ3v) is 2.49. The van der Waals surface area contributed by atoms with E-state index in [0.717, 1.165) is 11.4 Å². The van der Waals surface area contributed by atoms with Crippen molar-refractivity contribution in [2.45, 2.75) is 6.42 Å². The molecule has 4 nitrogen and oxygen atoms in total. The fraction of sp³-hybridized carbons (Fsp3) is 0.0667. The average molecular weight is 251 g/mol. The second-order valence-electron chi connectivity index (χ2n) is 3.92. The lowest BCUT2D eigenvalue weighted by molar-refractivity contribution is -0.115. The molecule has 19 heavy (non-hydrogen) atoms. The maximum Gasteiger partial charge on any atom is 0.238 e. The predicted octanol–water partition coefficient (Wildman–Crippen LogP) is 3.28. The van der Waals surface area contributed by atoms with E-state index in [9.17, 15) is 4.79 Å². The fourth-order valence-electron chi connectivity index (χ4n) is 1.64. The first kappa shape index (κ1) is 12.7. The number of anilines is 3. The van der Waals surface area contributed by atoms with Crippen LogP contribution in [0.3, 0.4) is 0 Å². The van der Waals surface area contributed by atoms with Crippen LogP contribution in [-0.4, -0.2) is 5.91 Å². The molecule has 0 radical (unpaired) electrons. The van der Waals surface area contributed by atoms with Crippen LogP contribution in [0.15, 0.2) is 54.6 Å². The lowest BCUT2D eigenvalue weighted by Gasteiger charge is -2.12. The van der Waals surface area contributed by atoms with Crippen LogP contribution in [0.4, 0.5) is 17.1 Å². The summed E-state index contributed by atoms with van der Waals surface area (Å²) in [4.78, 5) is 11.5. The number of hydrogen-bond donors (Lipinski definition) is 2. The number of amides is 1. The average Bonchev–Trinajstić information content (AvgIpc) is 2.42. The number of rotatable bonds is 4. The molecule has 2 N–H and O–H groups in total. The zero-order valence-electron chi connectivity index (χ0n) is 10.3. The van der Waals surface area contributed by atoms with Gasteiger partial charge in [-0.05, 0) is 24.3 Å². The largest absolute Gasteiger partial charge is 0.354 e. The molecule has 0 aliphatic heterocycles. The molecule has 0 saturated carbocycles. The van der Waals surface area contributed by atoms with E-state index in [-0.39, 0.29) is 12.3 Å². The van der Waals surface area contributed by atoms with Crippen molar-refractivity contribution in [1.82, 2.24) is 0 Å². The van der Waals surface area contributed by atoms with Gasteiger partial charge in [0.15, 0.2) is 0 Å². The van der Waals surface area contributed by atoms with E-state index in [1.165, 1.54) is 0 Å². The van der Waals surface area contributed by atoms with Crippen LogP contribution < -0.4 is 10.6 Å². The van der Waals surface area contributed by atoms with E-state index < -0.39 is 0 Å². The standard InChI is InChI=1S/C15H13N3O/c16-11-10-15(19)18-14-9-5-4-8-13(14)17-12-6-2-1-3-7-12/h1-9,17H,10H2,(H,18,19). The van der Waals surface area contributed by atoms with Crippen molar-refractivity contribution in [3.05, 3.63) is 54.6 Å². The Morgan fingerprint density at radius 3 is 2.32 bits per heavy atom. The zero-order valence-corrected chi connectivity index (χ0v) is 10.3. The van der Waals surface area contributed by atoms with Crippen molar-refractivity contribution >= 4 is 23.0 Å². The van der Waals surface area contributed by atoms with Crippen molar-refractivity contribution in [2.24, 2.45) is 0 Å². The number of hydrogen-bond acceptors (Lipinski definition) is 3. The normalized spacial score (nSPS) is 9.42. The minimum atomic E-state index is -0.315.